The van der Waals surface area contributed by atoms with E-state index in [-0.39, 0.29) is 17.1 Å². The Morgan fingerprint density at radius 2 is 1.92 bits per heavy atom. The molecule has 0 amide bonds. The quantitative estimate of drug-likeness (QED) is 0.715. The van der Waals surface area contributed by atoms with Gasteiger partial charge in [0.05, 0.1) is 0 Å². The SMILES string of the molecule is Cc1ccc(=O)c(O)c(C(C)C)c1. The van der Waals surface area contributed by atoms with Crippen LogP contribution < -0.4 is 5.43 Å². The molecule has 2 nitrogen and oxygen atoms in total. The summed E-state index contributed by atoms with van der Waals surface area (Å²) in [5, 5.41) is 9.54. The molecule has 0 aliphatic rings. The molecule has 1 rings (SSSR count). The van der Waals surface area contributed by atoms with E-state index in [1.807, 2.05) is 26.8 Å². The van der Waals surface area contributed by atoms with Crippen LogP contribution in [0.15, 0.2) is 23.0 Å². The van der Waals surface area contributed by atoms with Crippen LogP contribution >= 0.6 is 0 Å². The van der Waals surface area contributed by atoms with Gasteiger partial charge >= 0.3 is 0 Å². The van der Waals surface area contributed by atoms with E-state index in [4.69, 9.17) is 0 Å². The zero-order valence-corrected chi connectivity index (χ0v) is 8.16. The van der Waals surface area contributed by atoms with Gasteiger partial charge in [-0.15, -0.1) is 0 Å². The first-order valence-corrected chi connectivity index (χ1v) is 4.36. The van der Waals surface area contributed by atoms with Gasteiger partial charge in [0, 0.05) is 5.56 Å². The van der Waals surface area contributed by atoms with Crippen molar-refractivity contribution in [1.82, 2.24) is 0 Å². The van der Waals surface area contributed by atoms with E-state index in [0.717, 1.165) is 5.56 Å². The first-order valence-electron chi connectivity index (χ1n) is 4.36. The van der Waals surface area contributed by atoms with Gasteiger partial charge in [0.15, 0.2) is 5.75 Å². The minimum atomic E-state index is -0.309. The molecule has 0 aliphatic heterocycles. The summed E-state index contributed by atoms with van der Waals surface area (Å²) >= 11 is 0. The molecule has 0 unspecified atom stereocenters. The molecule has 1 N–H and O–H groups in total. The number of hydrogen-bond acceptors (Lipinski definition) is 2. The highest BCUT2D eigenvalue weighted by Crippen LogP contribution is 2.21. The third-order valence-electron chi connectivity index (χ3n) is 2.01. The van der Waals surface area contributed by atoms with Gasteiger partial charge in [-0.1, -0.05) is 31.5 Å². The average molecular weight is 178 g/mol. The van der Waals surface area contributed by atoms with Crippen molar-refractivity contribution in [2.45, 2.75) is 26.7 Å². The summed E-state index contributed by atoms with van der Waals surface area (Å²) in [5.74, 6) is 0.0434. The Balaban J connectivity index is 3.52. The van der Waals surface area contributed by atoms with Gasteiger partial charge < -0.3 is 5.11 Å². The Bertz CT molecular complexity index is 367. The molecule has 70 valence electrons. The smallest absolute Gasteiger partial charge is 0.220 e. The van der Waals surface area contributed by atoms with Gasteiger partial charge in [-0.2, -0.15) is 0 Å². The fourth-order valence-electron chi connectivity index (χ4n) is 1.23. The van der Waals surface area contributed by atoms with Crippen LogP contribution in [0.5, 0.6) is 5.75 Å². The molecule has 0 aliphatic carbocycles. The molecule has 0 saturated heterocycles. The van der Waals surface area contributed by atoms with E-state index in [0.29, 0.717) is 5.56 Å². The van der Waals surface area contributed by atoms with E-state index >= 15 is 0 Å². The van der Waals surface area contributed by atoms with Crippen molar-refractivity contribution in [1.29, 1.82) is 0 Å². The highest BCUT2D eigenvalue weighted by Gasteiger charge is 2.07. The van der Waals surface area contributed by atoms with Crippen LogP contribution in [0.3, 0.4) is 0 Å². The molecule has 0 aromatic heterocycles. The molecule has 0 heterocycles. The van der Waals surface area contributed by atoms with Gasteiger partial charge in [-0.25, -0.2) is 0 Å². The summed E-state index contributed by atoms with van der Waals surface area (Å²) in [5.41, 5.74) is 1.39. The van der Waals surface area contributed by atoms with Crippen LogP contribution in [0.25, 0.3) is 0 Å². The van der Waals surface area contributed by atoms with Gasteiger partial charge in [-0.3, -0.25) is 4.79 Å². The van der Waals surface area contributed by atoms with Crippen molar-refractivity contribution >= 4 is 0 Å². The summed E-state index contributed by atoms with van der Waals surface area (Å²) in [4.78, 5) is 11.2. The lowest BCUT2D eigenvalue weighted by atomic mass is 10.0. The third-order valence-corrected chi connectivity index (χ3v) is 2.01. The van der Waals surface area contributed by atoms with Crippen LogP contribution in [-0.4, -0.2) is 5.11 Å². The predicted octanol–water partition coefficient (Wildman–Crippen LogP) is 2.18. The lowest BCUT2D eigenvalue weighted by Crippen LogP contribution is -1.97. The minimum Gasteiger partial charge on any atom is -0.504 e. The first-order chi connectivity index (χ1) is 6.02. The van der Waals surface area contributed by atoms with Crippen LogP contribution in [0.2, 0.25) is 0 Å². The zero-order chi connectivity index (χ0) is 10.0. The molecule has 13 heavy (non-hydrogen) atoms. The minimum absolute atomic E-state index is 0.122. The van der Waals surface area contributed by atoms with Crippen LogP contribution in [0.4, 0.5) is 0 Å². The largest absolute Gasteiger partial charge is 0.504 e. The van der Waals surface area contributed by atoms with E-state index < -0.39 is 0 Å². The Morgan fingerprint density at radius 1 is 1.31 bits per heavy atom. The first kappa shape index (κ1) is 9.78. The Hall–Kier alpha value is -1.31. The zero-order valence-electron chi connectivity index (χ0n) is 8.16. The van der Waals surface area contributed by atoms with Gasteiger partial charge in [0.1, 0.15) is 0 Å². The fourth-order valence-corrected chi connectivity index (χ4v) is 1.23. The van der Waals surface area contributed by atoms with E-state index in [9.17, 15) is 9.90 Å². The highest BCUT2D eigenvalue weighted by molar-refractivity contribution is 5.35. The van der Waals surface area contributed by atoms with E-state index in [1.165, 1.54) is 6.07 Å². The van der Waals surface area contributed by atoms with E-state index in [2.05, 4.69) is 0 Å². The number of rotatable bonds is 1. The molecule has 0 spiro atoms. The lowest BCUT2D eigenvalue weighted by molar-refractivity contribution is 0.460. The second-order valence-corrected chi connectivity index (χ2v) is 3.54. The normalized spacial score (nSPS) is 10.5. The highest BCUT2D eigenvalue weighted by atomic mass is 16.3. The predicted molar refractivity (Wildman–Crippen MR) is 53.2 cm³/mol. The van der Waals surface area contributed by atoms with Gasteiger partial charge in [0.25, 0.3) is 0 Å². The molecule has 1 aromatic carbocycles. The average Bonchev–Trinajstić information content (AvgIpc) is 2.18. The molecule has 0 atom stereocenters. The molecule has 0 bridgehead atoms. The topological polar surface area (TPSA) is 37.3 Å². The Morgan fingerprint density at radius 3 is 2.46 bits per heavy atom. The number of aromatic hydroxyl groups is 1. The van der Waals surface area contributed by atoms with Crippen molar-refractivity contribution in [3.63, 3.8) is 0 Å². The standard InChI is InChI=1S/C11H14O2/c1-7(2)9-6-8(3)4-5-10(12)11(9)13/h4-7H,1-3H3,(H,12,13). The summed E-state index contributed by atoms with van der Waals surface area (Å²) in [6.45, 7) is 5.81. The molecule has 0 fully saturated rings. The Labute approximate surface area is 77.9 Å². The maximum absolute atomic E-state index is 11.2. The van der Waals surface area contributed by atoms with Crippen molar-refractivity contribution in [2.75, 3.05) is 0 Å². The number of hydrogen-bond donors (Lipinski definition) is 1. The summed E-state index contributed by atoms with van der Waals surface area (Å²) < 4.78 is 0. The van der Waals surface area contributed by atoms with Crippen LogP contribution in [0.1, 0.15) is 30.9 Å². The molecule has 1 aromatic rings. The van der Waals surface area contributed by atoms with Crippen LogP contribution in [-0.2, 0) is 0 Å². The van der Waals surface area contributed by atoms with Crippen molar-refractivity contribution < 1.29 is 5.11 Å². The summed E-state index contributed by atoms with van der Waals surface area (Å²) in [6, 6.07) is 4.96. The summed E-state index contributed by atoms with van der Waals surface area (Å²) in [7, 11) is 0. The lowest BCUT2D eigenvalue weighted by Gasteiger charge is -2.03. The van der Waals surface area contributed by atoms with Crippen molar-refractivity contribution in [2.24, 2.45) is 0 Å². The maximum Gasteiger partial charge on any atom is 0.220 e. The van der Waals surface area contributed by atoms with E-state index in [1.54, 1.807) is 6.07 Å². The molecule has 0 saturated carbocycles. The monoisotopic (exact) mass is 178 g/mol. The molecule has 0 radical (unpaired) electrons. The van der Waals surface area contributed by atoms with Gasteiger partial charge in [0.2, 0.25) is 5.43 Å². The van der Waals surface area contributed by atoms with Crippen molar-refractivity contribution in [3.8, 4) is 5.75 Å². The maximum atomic E-state index is 11.2. The third kappa shape index (κ3) is 2.08. The van der Waals surface area contributed by atoms with Gasteiger partial charge in [-0.05, 0) is 18.9 Å². The fraction of sp³-hybridized carbons (Fsp3) is 0.364. The summed E-state index contributed by atoms with van der Waals surface area (Å²) in [6.07, 6.45) is 0. The second-order valence-electron chi connectivity index (χ2n) is 3.54. The van der Waals surface area contributed by atoms with Crippen molar-refractivity contribution in [3.05, 3.63) is 39.5 Å². The van der Waals surface area contributed by atoms with Crippen LogP contribution in [0, 0.1) is 6.92 Å². The molecule has 2 heteroatoms. The molecular formula is C11H14O2. The Kier molecular flexibility index (Phi) is 2.71. The molecular weight excluding hydrogens is 164 g/mol. The number of aryl methyl sites for hydroxylation is 1. The second kappa shape index (κ2) is 3.60.